The van der Waals surface area contributed by atoms with Gasteiger partial charge in [0.25, 0.3) is 5.91 Å². The predicted octanol–water partition coefficient (Wildman–Crippen LogP) is 4.31. The van der Waals surface area contributed by atoms with Gasteiger partial charge in [-0.05, 0) is 44.1 Å². The average molecular weight is 436 g/mol. The van der Waals surface area contributed by atoms with E-state index in [0.29, 0.717) is 12.2 Å². The second-order valence-corrected chi connectivity index (χ2v) is 7.98. The van der Waals surface area contributed by atoms with Gasteiger partial charge in [-0.2, -0.15) is 5.10 Å². The second kappa shape index (κ2) is 10.2. The molecule has 0 spiro atoms. The van der Waals surface area contributed by atoms with Crippen molar-refractivity contribution in [3.05, 3.63) is 41.2 Å². The highest BCUT2D eigenvalue weighted by atomic mass is 35.5. The van der Waals surface area contributed by atoms with Gasteiger partial charge in [-0.25, -0.2) is 4.98 Å². The first-order chi connectivity index (χ1) is 13.5. The topological polar surface area (TPSA) is 54.3 Å². The summed E-state index contributed by atoms with van der Waals surface area (Å²) in [6.45, 7) is 11.7. The van der Waals surface area contributed by atoms with Gasteiger partial charge in [0.05, 0.1) is 10.2 Å². The Bertz CT molecular complexity index is 963. The monoisotopic (exact) mass is 435 g/mol. The fraction of sp³-hybridized carbons (Fsp3) is 0.476. The number of fused-ring (bicyclic) bond motifs is 1. The molecule has 0 radical (unpaired) electrons. The van der Waals surface area contributed by atoms with E-state index in [0.717, 1.165) is 47.0 Å². The highest BCUT2D eigenvalue weighted by Crippen LogP contribution is 2.30. The van der Waals surface area contributed by atoms with Crippen molar-refractivity contribution in [2.75, 3.05) is 31.1 Å². The molecule has 0 aliphatic rings. The fourth-order valence-corrected chi connectivity index (χ4v) is 4.36. The van der Waals surface area contributed by atoms with E-state index in [1.165, 1.54) is 5.56 Å². The van der Waals surface area contributed by atoms with Crippen LogP contribution < -0.4 is 4.90 Å². The lowest BCUT2D eigenvalue weighted by Crippen LogP contribution is -2.39. The number of benzene rings is 1. The van der Waals surface area contributed by atoms with Crippen molar-refractivity contribution in [1.82, 2.24) is 19.7 Å². The summed E-state index contributed by atoms with van der Waals surface area (Å²) >= 11 is 1.58. The third-order valence-electron chi connectivity index (χ3n) is 5.07. The van der Waals surface area contributed by atoms with Crippen molar-refractivity contribution >= 4 is 45.0 Å². The molecule has 2 aromatic heterocycles. The minimum atomic E-state index is -0.0833. The van der Waals surface area contributed by atoms with Crippen molar-refractivity contribution in [3.8, 4) is 0 Å². The van der Waals surface area contributed by atoms with Crippen molar-refractivity contribution in [2.45, 2.75) is 34.1 Å². The van der Waals surface area contributed by atoms with Gasteiger partial charge in [-0.15, -0.1) is 12.4 Å². The van der Waals surface area contributed by atoms with Crippen LogP contribution in [0.25, 0.3) is 10.2 Å². The van der Waals surface area contributed by atoms with Gasteiger partial charge in [0.1, 0.15) is 0 Å². The molecule has 8 heteroatoms. The number of amides is 1. The van der Waals surface area contributed by atoms with Crippen molar-refractivity contribution in [2.24, 2.45) is 7.05 Å². The molecule has 1 aromatic carbocycles. The number of carbonyl (C=O) groups excluding carboxylic acids is 1. The lowest BCUT2D eigenvalue weighted by Gasteiger charge is -2.24. The first-order valence-corrected chi connectivity index (χ1v) is 10.7. The molecule has 0 saturated carbocycles. The molecule has 0 N–H and O–H groups in total. The standard InChI is InChI=1S/C21H29N5OS.ClH/c1-6-16-9-10-17-18(13-16)28-21(22-17)26(12-11-25(7-2)8-3)20(27)19-15(4)14-24(5)23-19;/h9-10,13-14H,6-8,11-12H2,1-5H3;1H. The van der Waals surface area contributed by atoms with Crippen LogP contribution in [-0.2, 0) is 13.5 Å². The van der Waals surface area contributed by atoms with Gasteiger partial charge in [0, 0.05) is 31.9 Å². The Balaban J connectivity index is 0.00000300. The van der Waals surface area contributed by atoms with Crippen LogP contribution in [0.5, 0.6) is 0 Å². The molecule has 0 atom stereocenters. The largest absolute Gasteiger partial charge is 0.302 e. The fourth-order valence-electron chi connectivity index (χ4n) is 3.30. The van der Waals surface area contributed by atoms with Gasteiger partial charge >= 0.3 is 0 Å². The van der Waals surface area contributed by atoms with E-state index in [4.69, 9.17) is 4.98 Å². The Morgan fingerprint density at radius 3 is 2.48 bits per heavy atom. The van der Waals surface area contributed by atoms with E-state index in [1.807, 2.05) is 26.2 Å². The number of nitrogens with zero attached hydrogens (tertiary/aromatic N) is 5. The molecule has 0 aliphatic carbocycles. The van der Waals surface area contributed by atoms with Crippen LogP contribution in [0, 0.1) is 6.92 Å². The molecular weight excluding hydrogens is 406 g/mol. The Hall–Kier alpha value is -1.96. The molecule has 1 amide bonds. The Kier molecular flexibility index (Phi) is 8.19. The Labute approximate surface area is 182 Å². The second-order valence-electron chi connectivity index (χ2n) is 6.97. The first kappa shape index (κ1) is 23.3. The van der Waals surface area contributed by atoms with Crippen molar-refractivity contribution in [1.29, 1.82) is 0 Å². The predicted molar refractivity (Wildman–Crippen MR) is 124 cm³/mol. The molecule has 6 nitrogen and oxygen atoms in total. The van der Waals surface area contributed by atoms with Crippen LogP contribution in [0.15, 0.2) is 24.4 Å². The number of thiazole rings is 1. The molecule has 0 fully saturated rings. The summed E-state index contributed by atoms with van der Waals surface area (Å²) < 4.78 is 2.81. The maximum atomic E-state index is 13.4. The van der Waals surface area contributed by atoms with Gasteiger partial charge in [0.15, 0.2) is 10.8 Å². The van der Waals surface area contributed by atoms with E-state index in [-0.39, 0.29) is 18.3 Å². The number of carbonyl (C=O) groups is 1. The summed E-state index contributed by atoms with van der Waals surface area (Å²) in [5, 5.41) is 5.14. The average Bonchev–Trinajstić information content (AvgIpc) is 3.26. The van der Waals surface area contributed by atoms with Gasteiger partial charge in [-0.3, -0.25) is 14.4 Å². The molecule has 29 heavy (non-hydrogen) atoms. The third kappa shape index (κ3) is 5.15. The molecule has 3 rings (SSSR count). The first-order valence-electron chi connectivity index (χ1n) is 9.90. The van der Waals surface area contributed by atoms with E-state index in [9.17, 15) is 4.79 Å². The molecule has 0 saturated heterocycles. The zero-order valence-electron chi connectivity index (χ0n) is 17.8. The summed E-state index contributed by atoms with van der Waals surface area (Å²) in [4.78, 5) is 22.2. The lowest BCUT2D eigenvalue weighted by molar-refractivity contribution is 0.0977. The summed E-state index contributed by atoms with van der Waals surface area (Å²) in [7, 11) is 1.84. The van der Waals surface area contributed by atoms with E-state index >= 15 is 0 Å². The maximum Gasteiger partial charge on any atom is 0.280 e. The summed E-state index contributed by atoms with van der Waals surface area (Å²) in [5.74, 6) is -0.0833. The summed E-state index contributed by atoms with van der Waals surface area (Å²) in [6.07, 6.45) is 2.86. The molecule has 0 unspecified atom stereocenters. The number of hydrogen-bond acceptors (Lipinski definition) is 5. The zero-order valence-corrected chi connectivity index (χ0v) is 19.4. The minimum absolute atomic E-state index is 0. The highest BCUT2D eigenvalue weighted by molar-refractivity contribution is 7.22. The minimum Gasteiger partial charge on any atom is -0.302 e. The number of anilines is 1. The maximum absolute atomic E-state index is 13.4. The van der Waals surface area contributed by atoms with Crippen LogP contribution in [0.1, 0.15) is 42.4 Å². The zero-order chi connectivity index (χ0) is 20.3. The van der Waals surface area contributed by atoms with E-state index < -0.39 is 0 Å². The van der Waals surface area contributed by atoms with Crippen LogP contribution in [-0.4, -0.2) is 51.8 Å². The summed E-state index contributed by atoms with van der Waals surface area (Å²) in [5.41, 5.74) is 3.60. The number of hydrogen-bond donors (Lipinski definition) is 0. The van der Waals surface area contributed by atoms with Gasteiger partial charge < -0.3 is 4.90 Å². The lowest BCUT2D eigenvalue weighted by atomic mass is 10.2. The molecule has 0 bridgehead atoms. The summed E-state index contributed by atoms with van der Waals surface area (Å²) in [6, 6.07) is 6.33. The van der Waals surface area contributed by atoms with Crippen molar-refractivity contribution in [3.63, 3.8) is 0 Å². The van der Waals surface area contributed by atoms with Crippen LogP contribution >= 0.6 is 23.7 Å². The molecule has 0 aliphatic heterocycles. The highest BCUT2D eigenvalue weighted by Gasteiger charge is 2.25. The number of halogens is 1. The Morgan fingerprint density at radius 1 is 1.17 bits per heavy atom. The van der Waals surface area contributed by atoms with Gasteiger partial charge in [-0.1, -0.05) is 38.2 Å². The Morgan fingerprint density at radius 2 is 1.90 bits per heavy atom. The molecule has 158 valence electrons. The van der Waals surface area contributed by atoms with E-state index in [1.54, 1.807) is 20.9 Å². The SMILES string of the molecule is CCc1ccc2nc(N(CCN(CC)CC)C(=O)c3nn(C)cc3C)sc2c1.Cl. The smallest absolute Gasteiger partial charge is 0.280 e. The number of rotatable bonds is 8. The van der Waals surface area contributed by atoms with Gasteiger partial charge in [0.2, 0.25) is 0 Å². The van der Waals surface area contributed by atoms with Crippen LogP contribution in [0.3, 0.4) is 0 Å². The number of aromatic nitrogens is 3. The van der Waals surface area contributed by atoms with Crippen molar-refractivity contribution < 1.29 is 4.79 Å². The van der Waals surface area contributed by atoms with Crippen LogP contribution in [0.4, 0.5) is 5.13 Å². The number of likely N-dealkylation sites (N-methyl/N-ethyl adjacent to an activating group) is 1. The molecule has 2 heterocycles. The molecule has 3 aromatic rings. The molecular formula is C21H30ClN5OS. The quantitative estimate of drug-likeness (QED) is 0.529. The third-order valence-corrected chi connectivity index (χ3v) is 6.12. The van der Waals surface area contributed by atoms with Crippen LogP contribution in [0.2, 0.25) is 0 Å². The van der Waals surface area contributed by atoms with E-state index in [2.05, 4.69) is 42.9 Å². The normalized spacial score (nSPS) is 11.1. The number of aryl methyl sites for hydroxylation is 3.